The minimum absolute atomic E-state index is 0.0136. The fraction of sp³-hybridized carbons (Fsp3) is 0.933. The Morgan fingerprint density at radius 3 is 2.62 bits per heavy atom. The molecule has 1 saturated carbocycles. The Balaban J connectivity index is 1.46. The first kappa shape index (κ1) is 14.7. The SMILES string of the molecule is CCC(C(=O)OC1OC(C)CC12CCCCC2)C12NI1N2. The van der Waals surface area contributed by atoms with E-state index in [2.05, 4.69) is 20.9 Å². The van der Waals surface area contributed by atoms with Crippen LogP contribution in [0.3, 0.4) is 0 Å². The summed E-state index contributed by atoms with van der Waals surface area (Å²) in [5.41, 5.74) is 0.0928. The van der Waals surface area contributed by atoms with E-state index < -0.39 is 20.4 Å². The fourth-order valence-electron chi connectivity index (χ4n) is 4.22. The molecule has 3 atom stereocenters. The Morgan fingerprint density at radius 1 is 1.38 bits per heavy atom. The van der Waals surface area contributed by atoms with Crippen LogP contribution in [-0.4, -0.2) is 22.0 Å². The zero-order valence-electron chi connectivity index (χ0n) is 12.8. The van der Waals surface area contributed by atoms with Crippen LogP contribution in [0.1, 0.15) is 58.8 Å². The number of hydrogen-bond donors (Lipinski definition) is 2. The Kier molecular flexibility index (Phi) is 3.52. The van der Waals surface area contributed by atoms with Gasteiger partial charge >= 0.3 is 134 Å². The number of carbonyl (C=O) groups is 1. The van der Waals surface area contributed by atoms with Crippen molar-refractivity contribution in [3.8, 4) is 0 Å². The molecule has 3 saturated heterocycles. The second-order valence-corrected chi connectivity index (χ2v) is 11.4. The molecule has 4 fully saturated rings. The zero-order valence-corrected chi connectivity index (χ0v) is 14.9. The number of nitrogens with one attached hydrogen (secondary N) is 2. The van der Waals surface area contributed by atoms with Crippen molar-refractivity contribution in [3.63, 3.8) is 0 Å². The van der Waals surface area contributed by atoms with Crippen molar-refractivity contribution >= 4 is 26.3 Å². The van der Waals surface area contributed by atoms with E-state index in [0.717, 1.165) is 25.7 Å². The van der Waals surface area contributed by atoms with Gasteiger partial charge in [0.25, 0.3) is 0 Å². The third-order valence-corrected chi connectivity index (χ3v) is 10.2. The van der Waals surface area contributed by atoms with Gasteiger partial charge in [-0.1, -0.05) is 0 Å². The summed E-state index contributed by atoms with van der Waals surface area (Å²) in [5, 5.41) is 0. The molecule has 6 heteroatoms. The third-order valence-electron chi connectivity index (χ3n) is 5.49. The molecule has 0 aromatic carbocycles. The molecule has 0 bridgehead atoms. The summed E-state index contributed by atoms with van der Waals surface area (Å²) in [4.78, 5) is 12.6. The summed E-state index contributed by atoms with van der Waals surface area (Å²) in [7, 11) is 0. The molecule has 2 N–H and O–H groups in total. The van der Waals surface area contributed by atoms with Crippen molar-refractivity contribution < 1.29 is 14.3 Å². The van der Waals surface area contributed by atoms with Crippen LogP contribution >= 0.6 is 20.4 Å². The molecule has 1 aliphatic carbocycles. The van der Waals surface area contributed by atoms with Gasteiger partial charge in [0.05, 0.1) is 0 Å². The van der Waals surface area contributed by atoms with Crippen molar-refractivity contribution in [1.82, 2.24) is 7.06 Å². The third kappa shape index (κ3) is 2.33. The van der Waals surface area contributed by atoms with E-state index in [1.807, 2.05) is 0 Å². The van der Waals surface area contributed by atoms with Crippen molar-refractivity contribution in [1.29, 1.82) is 0 Å². The average Bonchev–Trinajstić information content (AvgIpc) is 3.27. The predicted octanol–water partition coefficient (Wildman–Crippen LogP) is 2.84. The molecule has 3 aliphatic heterocycles. The average molecular weight is 408 g/mol. The van der Waals surface area contributed by atoms with Gasteiger partial charge in [-0.25, -0.2) is 0 Å². The molecule has 0 radical (unpaired) electrons. The Hall–Kier alpha value is 0.0800. The molecule has 5 nitrogen and oxygen atoms in total. The number of ether oxygens (including phenoxy) is 2. The van der Waals surface area contributed by atoms with E-state index in [1.165, 1.54) is 19.3 Å². The number of alkyl halides is 1. The maximum atomic E-state index is 12.6. The van der Waals surface area contributed by atoms with Gasteiger partial charge in [-0.15, -0.1) is 0 Å². The predicted molar refractivity (Wildman–Crippen MR) is 87.4 cm³/mol. The van der Waals surface area contributed by atoms with Gasteiger partial charge in [0.2, 0.25) is 0 Å². The summed E-state index contributed by atoms with van der Waals surface area (Å²) in [6.45, 7) is 4.18. The first-order valence-corrected chi connectivity index (χ1v) is 11.4. The van der Waals surface area contributed by atoms with E-state index in [-0.39, 0.29) is 33.4 Å². The van der Waals surface area contributed by atoms with E-state index >= 15 is 0 Å². The number of fused-ring (bicyclic) bond motifs is 1. The van der Waals surface area contributed by atoms with Crippen LogP contribution in [0.15, 0.2) is 0 Å². The number of halogens is 1. The molecule has 4 rings (SSSR count). The van der Waals surface area contributed by atoms with Crippen LogP contribution < -0.4 is 7.06 Å². The van der Waals surface area contributed by atoms with Gasteiger partial charge < -0.3 is 0 Å². The first-order valence-electron chi connectivity index (χ1n) is 8.21. The van der Waals surface area contributed by atoms with Crippen LogP contribution in [0.25, 0.3) is 0 Å². The van der Waals surface area contributed by atoms with Crippen molar-refractivity contribution in [3.05, 3.63) is 0 Å². The number of esters is 1. The molecule has 21 heavy (non-hydrogen) atoms. The minimum atomic E-state index is -1.10. The van der Waals surface area contributed by atoms with Crippen LogP contribution in [0, 0.1) is 11.3 Å². The number of hydrogen-bond acceptors (Lipinski definition) is 5. The molecule has 4 aliphatic rings. The van der Waals surface area contributed by atoms with Gasteiger partial charge in [-0.2, -0.15) is 0 Å². The van der Waals surface area contributed by atoms with Crippen LogP contribution in [0.5, 0.6) is 0 Å². The Bertz CT molecular complexity index is 446. The molecule has 3 heterocycles. The van der Waals surface area contributed by atoms with E-state index in [4.69, 9.17) is 9.47 Å². The quantitative estimate of drug-likeness (QED) is 0.187. The molecule has 0 aromatic heterocycles. The van der Waals surface area contributed by atoms with Crippen LogP contribution in [0.4, 0.5) is 0 Å². The van der Waals surface area contributed by atoms with Crippen molar-refractivity contribution in [2.24, 2.45) is 11.3 Å². The topological polar surface area (TPSA) is 79.4 Å². The molecular weight excluding hydrogens is 383 g/mol. The molecular formula is C15H25IN2O3. The zero-order chi connectivity index (χ0) is 14.7. The van der Waals surface area contributed by atoms with Gasteiger partial charge in [-0.05, 0) is 0 Å². The summed E-state index contributed by atoms with van der Waals surface area (Å²) < 4.78 is 18.8. The standard InChI is InChI=1S/C15H25IN2O3/c1-3-11(15-16(17-15)18-15)12(19)21-13-14(9-10(2)20-13)7-5-4-6-8-14/h10-11,13,17-18H,3-9H2,1-2H3. The molecule has 0 aromatic rings. The van der Waals surface area contributed by atoms with Gasteiger partial charge in [0, 0.05) is 0 Å². The van der Waals surface area contributed by atoms with E-state index in [1.54, 1.807) is 0 Å². The van der Waals surface area contributed by atoms with Crippen LogP contribution in [-0.2, 0) is 14.3 Å². The molecule has 3 unspecified atom stereocenters. The second kappa shape index (κ2) is 5.04. The van der Waals surface area contributed by atoms with Crippen molar-refractivity contribution in [2.75, 3.05) is 0 Å². The summed E-state index contributed by atoms with van der Waals surface area (Å²) in [6.07, 6.45) is 7.85. The number of rotatable bonds is 4. The summed E-state index contributed by atoms with van der Waals surface area (Å²) in [6, 6.07) is 0. The Labute approximate surface area is 134 Å². The van der Waals surface area contributed by atoms with Gasteiger partial charge in [0.15, 0.2) is 0 Å². The van der Waals surface area contributed by atoms with Gasteiger partial charge in [-0.3, -0.25) is 0 Å². The maximum absolute atomic E-state index is 12.6. The molecule has 0 amide bonds. The van der Waals surface area contributed by atoms with E-state index in [0.29, 0.717) is 0 Å². The normalized spacial score (nSPS) is 37.9. The van der Waals surface area contributed by atoms with Crippen LogP contribution in [0.2, 0.25) is 0 Å². The monoisotopic (exact) mass is 408 g/mol. The van der Waals surface area contributed by atoms with Gasteiger partial charge in [0.1, 0.15) is 0 Å². The number of carbonyl (C=O) groups excluding carboxylic acids is 1. The van der Waals surface area contributed by atoms with Crippen molar-refractivity contribution in [2.45, 2.75) is 74.9 Å². The summed E-state index contributed by atoms with van der Waals surface area (Å²) >= 11 is -1.10. The molecule has 120 valence electrons. The second-order valence-electron chi connectivity index (χ2n) is 6.99. The fourth-order valence-corrected chi connectivity index (χ4v) is 9.15. The van der Waals surface area contributed by atoms with E-state index in [9.17, 15) is 4.79 Å². The molecule has 1 spiro atoms. The Morgan fingerprint density at radius 2 is 2.05 bits per heavy atom. The first-order chi connectivity index (χ1) is 10.1. The summed E-state index contributed by atoms with van der Waals surface area (Å²) in [5.74, 6) is -0.0818.